The van der Waals surface area contributed by atoms with E-state index in [1.54, 1.807) is 7.11 Å². The van der Waals surface area contributed by atoms with Gasteiger partial charge < -0.3 is 15.8 Å². The second-order valence-electron chi connectivity index (χ2n) is 12.0. The molecule has 0 radical (unpaired) electrons. The van der Waals surface area contributed by atoms with Crippen molar-refractivity contribution >= 4 is 22.8 Å². The van der Waals surface area contributed by atoms with E-state index in [1.165, 1.54) is 27.9 Å². The molecule has 0 atom stereocenters. The van der Waals surface area contributed by atoms with Gasteiger partial charge in [-0.2, -0.15) is 0 Å². The molecule has 3 aromatic carbocycles. The summed E-state index contributed by atoms with van der Waals surface area (Å²) in [6.07, 6.45) is 4.09. The second-order valence-corrected chi connectivity index (χ2v) is 12.0. The van der Waals surface area contributed by atoms with Crippen molar-refractivity contribution in [1.82, 2.24) is 0 Å². The summed E-state index contributed by atoms with van der Waals surface area (Å²) in [5.41, 5.74) is 17.3. The molecule has 0 aliphatic carbocycles. The van der Waals surface area contributed by atoms with Gasteiger partial charge in [0.05, 0.1) is 18.5 Å². The van der Waals surface area contributed by atoms with E-state index in [1.807, 2.05) is 30.3 Å². The van der Waals surface area contributed by atoms with E-state index in [9.17, 15) is 0 Å². The van der Waals surface area contributed by atoms with Gasteiger partial charge in [-0.25, -0.2) is 4.99 Å². The van der Waals surface area contributed by atoms with E-state index in [0.29, 0.717) is 29.4 Å². The first-order chi connectivity index (χ1) is 19.4. The van der Waals surface area contributed by atoms with Crippen molar-refractivity contribution in [3.8, 4) is 5.75 Å². The van der Waals surface area contributed by atoms with Gasteiger partial charge in [0.2, 0.25) is 0 Å². The van der Waals surface area contributed by atoms with Gasteiger partial charge in [0.15, 0.2) is 0 Å². The molecule has 0 saturated heterocycles. The third kappa shape index (κ3) is 8.13. The first kappa shape index (κ1) is 31.7. The van der Waals surface area contributed by atoms with Gasteiger partial charge in [0.25, 0.3) is 0 Å². The molecule has 4 heteroatoms. The van der Waals surface area contributed by atoms with Gasteiger partial charge in [-0.1, -0.05) is 91.8 Å². The van der Waals surface area contributed by atoms with Gasteiger partial charge in [-0.3, -0.25) is 0 Å². The molecule has 218 valence electrons. The van der Waals surface area contributed by atoms with Crippen molar-refractivity contribution in [2.75, 3.05) is 12.4 Å². The van der Waals surface area contributed by atoms with Crippen LogP contribution in [0.3, 0.4) is 0 Å². The SMILES string of the molecule is COc1ccc(/C(N)=C/C(/C=C(\C)Nc2c(C(C)C)cccc2C(C)C)=Nc2c(C(C)C)cccc2C(C)C)cc1. The zero-order valence-corrected chi connectivity index (χ0v) is 26.7. The number of anilines is 1. The van der Waals surface area contributed by atoms with Crippen molar-refractivity contribution in [2.45, 2.75) is 86.0 Å². The Morgan fingerprint density at radius 2 is 1.17 bits per heavy atom. The van der Waals surface area contributed by atoms with Crippen LogP contribution in [0.2, 0.25) is 0 Å². The quantitative estimate of drug-likeness (QED) is 0.233. The predicted octanol–water partition coefficient (Wildman–Crippen LogP) is 10.3. The Balaban J connectivity index is 2.21. The molecule has 0 aromatic heterocycles. The average molecular weight is 552 g/mol. The maximum atomic E-state index is 6.68. The fourth-order valence-corrected chi connectivity index (χ4v) is 5.05. The Morgan fingerprint density at radius 3 is 1.61 bits per heavy atom. The highest BCUT2D eigenvalue weighted by atomic mass is 16.5. The number of hydrogen-bond donors (Lipinski definition) is 2. The van der Waals surface area contributed by atoms with Crippen LogP contribution in [0.5, 0.6) is 5.75 Å². The minimum Gasteiger partial charge on any atom is -0.497 e. The first-order valence-corrected chi connectivity index (χ1v) is 14.8. The van der Waals surface area contributed by atoms with Gasteiger partial charge in [-0.05, 0) is 94.8 Å². The van der Waals surface area contributed by atoms with E-state index in [2.05, 4.69) is 110 Å². The predicted molar refractivity (Wildman–Crippen MR) is 179 cm³/mol. The second kappa shape index (κ2) is 14.2. The smallest absolute Gasteiger partial charge is 0.118 e. The normalized spacial score (nSPS) is 13.1. The summed E-state index contributed by atoms with van der Waals surface area (Å²) in [6.45, 7) is 20.0. The number of rotatable bonds is 11. The number of ether oxygens (including phenoxy) is 1. The lowest BCUT2D eigenvalue weighted by Gasteiger charge is -2.21. The Hall–Kier alpha value is -3.79. The average Bonchev–Trinajstić information content (AvgIpc) is 2.92. The van der Waals surface area contributed by atoms with E-state index >= 15 is 0 Å². The molecular formula is C37H49N3O. The third-order valence-corrected chi connectivity index (χ3v) is 7.37. The highest BCUT2D eigenvalue weighted by molar-refractivity contribution is 6.10. The molecule has 0 fully saturated rings. The van der Waals surface area contributed by atoms with Crippen LogP contribution in [0.25, 0.3) is 5.70 Å². The number of para-hydroxylation sites is 2. The number of nitrogens with one attached hydrogen (secondary N) is 1. The molecule has 0 aliphatic rings. The largest absolute Gasteiger partial charge is 0.497 e. The van der Waals surface area contributed by atoms with Crippen LogP contribution in [0.1, 0.15) is 114 Å². The third-order valence-electron chi connectivity index (χ3n) is 7.37. The maximum absolute atomic E-state index is 6.68. The number of aliphatic imine (C=N–C) groups is 1. The maximum Gasteiger partial charge on any atom is 0.118 e. The van der Waals surface area contributed by atoms with Crippen LogP contribution in [-0.4, -0.2) is 12.8 Å². The van der Waals surface area contributed by atoms with Gasteiger partial charge in [-0.15, -0.1) is 0 Å². The molecule has 0 saturated carbocycles. The Morgan fingerprint density at radius 1 is 0.707 bits per heavy atom. The summed E-state index contributed by atoms with van der Waals surface area (Å²) >= 11 is 0. The van der Waals surface area contributed by atoms with Gasteiger partial charge in [0.1, 0.15) is 5.75 Å². The molecule has 3 N–H and O–H groups in total. The zero-order valence-electron chi connectivity index (χ0n) is 26.7. The number of hydrogen-bond acceptors (Lipinski definition) is 4. The summed E-state index contributed by atoms with van der Waals surface area (Å²) in [6, 6.07) is 20.9. The topological polar surface area (TPSA) is 59.6 Å². The van der Waals surface area contributed by atoms with Crippen LogP contribution in [0.4, 0.5) is 11.4 Å². The number of benzene rings is 3. The van der Waals surface area contributed by atoms with Crippen molar-refractivity contribution in [2.24, 2.45) is 10.7 Å². The number of methoxy groups -OCH3 is 1. The monoisotopic (exact) mass is 551 g/mol. The molecule has 0 aliphatic heterocycles. The van der Waals surface area contributed by atoms with Crippen molar-refractivity contribution in [3.63, 3.8) is 0 Å². The summed E-state index contributed by atoms with van der Waals surface area (Å²) in [5.74, 6) is 2.27. The summed E-state index contributed by atoms with van der Waals surface area (Å²) in [4.78, 5) is 5.32. The fraction of sp³-hybridized carbons (Fsp3) is 0.378. The highest BCUT2D eigenvalue weighted by Crippen LogP contribution is 2.36. The molecule has 0 unspecified atom stereocenters. The fourth-order valence-electron chi connectivity index (χ4n) is 5.05. The molecule has 0 amide bonds. The standard InChI is InChI=1S/C37H49N3O/c1-23(2)31-13-11-14-32(24(3)4)36(31)39-27(9)21-29(22-35(38)28-17-19-30(41-10)20-18-28)40-37-33(25(5)6)15-12-16-34(37)26(7)8/h11-26,39H,38H2,1-10H3/b27-21+,35-22-,40-29?. The van der Waals surface area contributed by atoms with Crippen LogP contribution < -0.4 is 15.8 Å². The van der Waals surface area contributed by atoms with E-state index in [-0.39, 0.29) is 0 Å². The molecule has 4 nitrogen and oxygen atoms in total. The van der Waals surface area contributed by atoms with Crippen LogP contribution >= 0.6 is 0 Å². The van der Waals surface area contributed by atoms with Crippen molar-refractivity contribution in [3.05, 3.63) is 106 Å². The van der Waals surface area contributed by atoms with E-state index in [0.717, 1.165) is 28.4 Å². The molecule has 41 heavy (non-hydrogen) atoms. The Bertz CT molecular complexity index is 1350. The summed E-state index contributed by atoms with van der Waals surface area (Å²) < 4.78 is 5.34. The number of nitrogens with two attached hydrogens (primary N) is 1. The molecular weight excluding hydrogens is 502 g/mol. The minimum absolute atomic E-state index is 0.339. The minimum atomic E-state index is 0.339. The van der Waals surface area contributed by atoms with Crippen LogP contribution in [0.15, 0.2) is 83.5 Å². The lowest BCUT2D eigenvalue weighted by Crippen LogP contribution is -2.08. The van der Waals surface area contributed by atoms with Crippen molar-refractivity contribution < 1.29 is 4.74 Å². The molecule has 0 bridgehead atoms. The number of allylic oxidation sites excluding steroid dienone is 3. The first-order valence-electron chi connectivity index (χ1n) is 14.8. The highest BCUT2D eigenvalue weighted by Gasteiger charge is 2.16. The van der Waals surface area contributed by atoms with Gasteiger partial charge >= 0.3 is 0 Å². The number of nitrogens with zero attached hydrogens (tertiary/aromatic N) is 1. The molecule has 0 spiro atoms. The van der Waals surface area contributed by atoms with Crippen molar-refractivity contribution in [1.29, 1.82) is 0 Å². The summed E-state index contributed by atoms with van der Waals surface area (Å²) in [7, 11) is 1.67. The lowest BCUT2D eigenvalue weighted by molar-refractivity contribution is 0.415. The Labute approximate surface area is 248 Å². The molecule has 3 rings (SSSR count). The van der Waals surface area contributed by atoms with Crippen LogP contribution in [-0.2, 0) is 0 Å². The molecule has 3 aromatic rings. The Kier molecular flexibility index (Phi) is 11.0. The van der Waals surface area contributed by atoms with E-state index in [4.69, 9.17) is 15.5 Å². The van der Waals surface area contributed by atoms with E-state index < -0.39 is 0 Å². The molecule has 0 heterocycles. The zero-order chi connectivity index (χ0) is 30.3. The van der Waals surface area contributed by atoms with Crippen LogP contribution in [0, 0.1) is 0 Å². The lowest BCUT2D eigenvalue weighted by atomic mass is 9.92. The van der Waals surface area contributed by atoms with Gasteiger partial charge in [0, 0.05) is 17.1 Å². The summed E-state index contributed by atoms with van der Waals surface area (Å²) in [5, 5.41) is 3.75.